The lowest BCUT2D eigenvalue weighted by Crippen LogP contribution is -2.36. The number of halogens is 2. The number of hydrogen-bond donors (Lipinski definition) is 0. The molecule has 0 atom stereocenters. The Hall–Kier alpha value is -3.27. The molecule has 1 fully saturated rings. The SMILES string of the molecule is N#Cc1cccc(OCCCN2CCC(C(c3ccc(F)cc3)c3ccc(F)cc3)CC2)c1.O. The predicted molar refractivity (Wildman–Crippen MR) is 129 cm³/mol. The lowest BCUT2D eigenvalue weighted by Gasteiger charge is -2.36. The molecule has 4 rings (SSSR count). The van der Waals surface area contributed by atoms with Gasteiger partial charge < -0.3 is 15.1 Å². The standard InChI is InChI=1S/C28H28F2N2O.H2O/c29-25-9-5-22(6-10-25)28(23-7-11-26(30)12-8-23)24-13-16-32(17-14-24)15-2-18-33-27-4-1-3-21(19-27)20-31;/h1,3-12,19,24,28H,2,13-18H2;1H2. The third-order valence-corrected chi connectivity index (χ3v) is 6.41. The Kier molecular flexibility index (Phi) is 9.15. The Labute approximate surface area is 199 Å². The molecule has 0 aliphatic carbocycles. The number of nitrogens with zero attached hydrogens (tertiary/aromatic N) is 2. The van der Waals surface area contributed by atoms with E-state index in [-0.39, 0.29) is 23.0 Å². The highest BCUT2D eigenvalue weighted by molar-refractivity contribution is 5.36. The van der Waals surface area contributed by atoms with Crippen molar-refractivity contribution in [2.75, 3.05) is 26.2 Å². The summed E-state index contributed by atoms with van der Waals surface area (Å²) in [5.41, 5.74) is 2.76. The number of benzene rings is 3. The highest BCUT2D eigenvalue weighted by Crippen LogP contribution is 2.38. The van der Waals surface area contributed by atoms with Crippen molar-refractivity contribution in [1.29, 1.82) is 5.26 Å². The third-order valence-electron chi connectivity index (χ3n) is 6.41. The van der Waals surface area contributed by atoms with E-state index in [9.17, 15) is 8.78 Å². The quantitative estimate of drug-likeness (QED) is 0.424. The van der Waals surface area contributed by atoms with E-state index in [1.807, 2.05) is 36.4 Å². The number of hydrogen-bond acceptors (Lipinski definition) is 3. The predicted octanol–water partition coefficient (Wildman–Crippen LogP) is 5.32. The van der Waals surface area contributed by atoms with Crippen LogP contribution in [0.4, 0.5) is 8.78 Å². The van der Waals surface area contributed by atoms with Gasteiger partial charge in [0, 0.05) is 12.5 Å². The Morgan fingerprint density at radius 1 is 0.912 bits per heavy atom. The molecule has 1 heterocycles. The van der Waals surface area contributed by atoms with Crippen molar-refractivity contribution in [2.24, 2.45) is 5.92 Å². The first-order chi connectivity index (χ1) is 16.1. The van der Waals surface area contributed by atoms with Crippen LogP contribution in [0.15, 0.2) is 72.8 Å². The second-order valence-corrected chi connectivity index (χ2v) is 8.60. The van der Waals surface area contributed by atoms with E-state index >= 15 is 0 Å². The van der Waals surface area contributed by atoms with Crippen molar-refractivity contribution in [3.8, 4) is 11.8 Å². The highest BCUT2D eigenvalue weighted by Gasteiger charge is 2.29. The fraction of sp³-hybridized carbons (Fsp3) is 0.321. The Morgan fingerprint density at radius 2 is 1.50 bits per heavy atom. The van der Waals surface area contributed by atoms with Crippen LogP contribution in [0, 0.1) is 28.9 Å². The number of likely N-dealkylation sites (tertiary alicyclic amines) is 1. The summed E-state index contributed by atoms with van der Waals surface area (Å²) in [4.78, 5) is 2.46. The molecule has 34 heavy (non-hydrogen) atoms. The molecule has 4 nitrogen and oxygen atoms in total. The molecule has 1 saturated heterocycles. The van der Waals surface area contributed by atoms with Crippen molar-refractivity contribution < 1.29 is 19.0 Å². The van der Waals surface area contributed by atoms with Gasteiger partial charge in [-0.25, -0.2) is 8.78 Å². The summed E-state index contributed by atoms with van der Waals surface area (Å²) in [6.45, 7) is 3.56. The summed E-state index contributed by atoms with van der Waals surface area (Å²) in [5.74, 6) is 0.793. The van der Waals surface area contributed by atoms with Gasteiger partial charge in [0.05, 0.1) is 18.2 Å². The molecule has 178 valence electrons. The van der Waals surface area contributed by atoms with Gasteiger partial charge in [-0.05, 0) is 91.9 Å². The van der Waals surface area contributed by atoms with Gasteiger partial charge in [-0.3, -0.25) is 0 Å². The zero-order chi connectivity index (χ0) is 23.0. The molecule has 0 bridgehead atoms. The maximum absolute atomic E-state index is 13.5. The van der Waals surface area contributed by atoms with Crippen LogP contribution in [0.25, 0.3) is 0 Å². The molecular formula is C28H30F2N2O2. The van der Waals surface area contributed by atoms with Gasteiger partial charge in [0.2, 0.25) is 0 Å². The van der Waals surface area contributed by atoms with E-state index in [4.69, 9.17) is 10.00 Å². The average molecular weight is 465 g/mol. The summed E-state index contributed by atoms with van der Waals surface area (Å²) in [6.07, 6.45) is 2.98. The van der Waals surface area contributed by atoms with Crippen LogP contribution in [-0.4, -0.2) is 36.6 Å². The lowest BCUT2D eigenvalue weighted by molar-refractivity contribution is 0.163. The first-order valence-corrected chi connectivity index (χ1v) is 11.5. The van der Waals surface area contributed by atoms with Crippen LogP contribution < -0.4 is 4.74 Å². The molecule has 0 aromatic heterocycles. The molecule has 3 aromatic rings. The van der Waals surface area contributed by atoms with E-state index in [2.05, 4.69) is 11.0 Å². The average Bonchev–Trinajstić information content (AvgIpc) is 2.85. The molecule has 1 aliphatic rings. The summed E-state index contributed by atoms with van der Waals surface area (Å²) < 4.78 is 32.8. The lowest BCUT2D eigenvalue weighted by atomic mass is 9.76. The molecule has 0 radical (unpaired) electrons. The van der Waals surface area contributed by atoms with E-state index in [1.54, 1.807) is 12.1 Å². The molecule has 3 aromatic carbocycles. The molecule has 0 saturated carbocycles. The molecule has 1 aliphatic heterocycles. The first kappa shape index (κ1) is 25.4. The summed E-state index contributed by atoms with van der Waals surface area (Å²) >= 11 is 0. The van der Waals surface area contributed by atoms with Crippen molar-refractivity contribution in [3.05, 3.63) is 101 Å². The van der Waals surface area contributed by atoms with Crippen LogP contribution in [0.2, 0.25) is 0 Å². The van der Waals surface area contributed by atoms with Gasteiger partial charge in [-0.1, -0.05) is 30.3 Å². The number of piperidine rings is 1. The van der Waals surface area contributed by atoms with Crippen molar-refractivity contribution in [2.45, 2.75) is 25.2 Å². The van der Waals surface area contributed by atoms with Gasteiger partial charge in [-0.2, -0.15) is 5.26 Å². The minimum absolute atomic E-state index is 0. The van der Waals surface area contributed by atoms with Crippen LogP contribution in [-0.2, 0) is 0 Å². The molecule has 2 N–H and O–H groups in total. The highest BCUT2D eigenvalue weighted by atomic mass is 19.1. The minimum Gasteiger partial charge on any atom is -0.494 e. The van der Waals surface area contributed by atoms with E-state index in [1.165, 1.54) is 24.3 Å². The second kappa shape index (κ2) is 12.3. The molecule has 0 amide bonds. The third kappa shape index (κ3) is 6.63. The monoisotopic (exact) mass is 464 g/mol. The van der Waals surface area contributed by atoms with Crippen molar-refractivity contribution in [3.63, 3.8) is 0 Å². The van der Waals surface area contributed by atoms with Crippen molar-refractivity contribution in [1.82, 2.24) is 4.90 Å². The number of rotatable bonds is 8. The number of nitriles is 1. The molecule has 6 heteroatoms. The maximum atomic E-state index is 13.5. The van der Waals surface area contributed by atoms with Gasteiger partial charge in [0.15, 0.2) is 0 Å². The fourth-order valence-corrected chi connectivity index (χ4v) is 4.72. The van der Waals surface area contributed by atoms with Crippen LogP contribution in [0.3, 0.4) is 0 Å². The fourth-order valence-electron chi connectivity index (χ4n) is 4.72. The van der Waals surface area contributed by atoms with E-state index < -0.39 is 0 Å². The summed E-state index contributed by atoms with van der Waals surface area (Å²) in [7, 11) is 0. The first-order valence-electron chi connectivity index (χ1n) is 11.5. The zero-order valence-corrected chi connectivity index (χ0v) is 19.1. The van der Waals surface area contributed by atoms with Gasteiger partial charge in [-0.15, -0.1) is 0 Å². The summed E-state index contributed by atoms with van der Waals surface area (Å²) in [5, 5.41) is 8.99. The van der Waals surface area contributed by atoms with Crippen molar-refractivity contribution >= 4 is 0 Å². The van der Waals surface area contributed by atoms with Gasteiger partial charge in [0.1, 0.15) is 17.4 Å². The molecule has 0 unspecified atom stereocenters. The van der Waals surface area contributed by atoms with Gasteiger partial charge >= 0.3 is 0 Å². The normalized spacial score (nSPS) is 14.4. The Bertz CT molecular complexity index is 1030. The molecular weight excluding hydrogens is 434 g/mol. The number of ether oxygens (including phenoxy) is 1. The largest absolute Gasteiger partial charge is 0.494 e. The van der Waals surface area contributed by atoms with E-state index in [0.29, 0.717) is 18.1 Å². The van der Waals surface area contributed by atoms with Gasteiger partial charge in [0.25, 0.3) is 0 Å². The van der Waals surface area contributed by atoms with Crippen LogP contribution in [0.5, 0.6) is 5.75 Å². The topological polar surface area (TPSA) is 67.8 Å². The Morgan fingerprint density at radius 3 is 2.06 bits per heavy atom. The van der Waals surface area contributed by atoms with E-state index in [0.717, 1.165) is 55.8 Å². The zero-order valence-electron chi connectivity index (χ0n) is 19.1. The summed E-state index contributed by atoms with van der Waals surface area (Å²) in [6, 6.07) is 22.8. The van der Waals surface area contributed by atoms with Crippen LogP contribution in [0.1, 0.15) is 41.9 Å². The Balaban J connectivity index is 0.00000324. The van der Waals surface area contributed by atoms with Crippen LogP contribution >= 0.6 is 0 Å². The maximum Gasteiger partial charge on any atom is 0.123 e. The second-order valence-electron chi connectivity index (χ2n) is 8.60. The minimum atomic E-state index is -0.243. The smallest absolute Gasteiger partial charge is 0.123 e. The molecule has 0 spiro atoms.